The third kappa shape index (κ3) is 4.43. The average molecular weight is 471 g/mol. The number of fused-ring (bicyclic) bond motifs is 1. The molecule has 2 heterocycles. The number of halogens is 1. The molecule has 0 aliphatic carbocycles. The van der Waals surface area contributed by atoms with Crippen LogP contribution in [-0.2, 0) is 34.2 Å². The molecular formula is C23H19ClN2O5S. The second-order valence-corrected chi connectivity index (χ2v) is 9.80. The minimum Gasteiger partial charge on any atom is -0.478 e. The maximum absolute atomic E-state index is 13.6. The highest BCUT2D eigenvalue weighted by atomic mass is 35.5. The molecule has 1 N–H and O–H groups in total. The highest BCUT2D eigenvalue weighted by Gasteiger charge is 2.38. The summed E-state index contributed by atoms with van der Waals surface area (Å²) in [6, 6.07) is 14.3. The fourth-order valence-electron chi connectivity index (χ4n) is 3.75. The number of carbonyl (C=O) groups is 2. The van der Waals surface area contributed by atoms with Gasteiger partial charge in [-0.15, -0.1) is 0 Å². The predicted octanol–water partition coefficient (Wildman–Crippen LogP) is 3.36. The summed E-state index contributed by atoms with van der Waals surface area (Å²) in [5.41, 5.74) is 1.95. The van der Waals surface area contributed by atoms with Crippen LogP contribution in [0.3, 0.4) is 0 Å². The van der Waals surface area contributed by atoms with Crippen molar-refractivity contribution in [3.8, 4) is 0 Å². The van der Waals surface area contributed by atoms with E-state index in [0.29, 0.717) is 21.8 Å². The lowest BCUT2D eigenvalue weighted by molar-refractivity contribution is -0.121. The van der Waals surface area contributed by atoms with Gasteiger partial charge in [-0.3, -0.25) is 9.78 Å². The number of benzene rings is 2. The Balaban J connectivity index is 1.80. The van der Waals surface area contributed by atoms with E-state index >= 15 is 0 Å². The Morgan fingerprint density at radius 1 is 1.09 bits per heavy atom. The molecule has 32 heavy (non-hydrogen) atoms. The first-order chi connectivity index (χ1) is 15.3. The van der Waals surface area contributed by atoms with Crippen molar-refractivity contribution in [3.63, 3.8) is 0 Å². The van der Waals surface area contributed by atoms with Crippen molar-refractivity contribution in [3.05, 3.63) is 94.3 Å². The summed E-state index contributed by atoms with van der Waals surface area (Å²) >= 11 is 6.11. The average Bonchev–Trinajstić information content (AvgIpc) is 2.91. The van der Waals surface area contributed by atoms with Crippen molar-refractivity contribution in [2.75, 3.05) is 0 Å². The molecule has 1 aromatic heterocycles. The number of carboxylic acid groups (broad SMARTS) is 1. The van der Waals surface area contributed by atoms with E-state index in [1.807, 2.05) is 0 Å². The zero-order valence-corrected chi connectivity index (χ0v) is 18.4. The van der Waals surface area contributed by atoms with E-state index in [1.165, 1.54) is 28.6 Å². The van der Waals surface area contributed by atoms with Gasteiger partial charge in [0.05, 0.1) is 16.5 Å². The molecule has 0 bridgehead atoms. The Labute approximate surface area is 190 Å². The van der Waals surface area contributed by atoms with E-state index in [0.717, 1.165) is 0 Å². The van der Waals surface area contributed by atoms with Crippen molar-refractivity contribution < 1.29 is 23.1 Å². The molecule has 0 unspecified atom stereocenters. The summed E-state index contributed by atoms with van der Waals surface area (Å²) in [4.78, 5) is 28.6. The molecule has 1 aliphatic rings. The van der Waals surface area contributed by atoms with Gasteiger partial charge in [-0.05, 0) is 59.7 Å². The molecule has 164 valence electrons. The van der Waals surface area contributed by atoms with Crippen LogP contribution in [0.25, 0.3) is 0 Å². The largest absolute Gasteiger partial charge is 0.478 e. The predicted molar refractivity (Wildman–Crippen MR) is 118 cm³/mol. The standard InChI is InChI=1S/C23H19ClN2O5S/c24-18-7-4-16-14-26(32(30,31)20-8-5-15(6-9-20)23(28)29)21(22(27)12-17(16)11-18)13-19-3-1-2-10-25-19/h1-11,21H,12-14H2,(H,28,29)/t21-/m1/s1. The van der Waals surface area contributed by atoms with E-state index in [9.17, 15) is 18.0 Å². The number of Topliss-reactive ketones (excluding diaryl/α,β-unsaturated/α-hetero) is 1. The monoisotopic (exact) mass is 470 g/mol. The Morgan fingerprint density at radius 2 is 1.84 bits per heavy atom. The first-order valence-electron chi connectivity index (χ1n) is 9.81. The minimum absolute atomic E-state index is 0.0151. The van der Waals surface area contributed by atoms with Gasteiger partial charge in [0.25, 0.3) is 0 Å². The minimum atomic E-state index is -4.12. The quantitative estimate of drug-likeness (QED) is 0.613. The Hall–Kier alpha value is -3.07. The lowest BCUT2D eigenvalue weighted by Gasteiger charge is -2.28. The van der Waals surface area contributed by atoms with E-state index < -0.39 is 22.0 Å². The van der Waals surface area contributed by atoms with Crippen molar-refractivity contribution in [2.45, 2.75) is 30.3 Å². The molecule has 0 radical (unpaired) electrons. The fraction of sp³-hybridized carbons (Fsp3) is 0.174. The van der Waals surface area contributed by atoms with Crippen LogP contribution in [0.15, 0.2) is 71.8 Å². The zero-order chi connectivity index (χ0) is 22.9. The number of hydrogen-bond acceptors (Lipinski definition) is 5. The number of aromatic carboxylic acids is 1. The van der Waals surface area contributed by atoms with Crippen molar-refractivity contribution in [2.24, 2.45) is 0 Å². The second-order valence-electron chi connectivity index (χ2n) is 7.48. The molecule has 0 spiro atoms. The zero-order valence-electron chi connectivity index (χ0n) is 16.8. The summed E-state index contributed by atoms with van der Waals surface area (Å²) in [6.07, 6.45) is 1.76. The van der Waals surface area contributed by atoms with Crippen LogP contribution in [0.4, 0.5) is 0 Å². The van der Waals surface area contributed by atoms with Gasteiger partial charge in [0, 0.05) is 36.3 Å². The maximum Gasteiger partial charge on any atom is 0.335 e. The number of rotatable bonds is 5. The van der Waals surface area contributed by atoms with Crippen LogP contribution in [0.2, 0.25) is 5.02 Å². The molecule has 3 aromatic rings. The number of aromatic nitrogens is 1. The second kappa shape index (κ2) is 8.82. The smallest absolute Gasteiger partial charge is 0.335 e. The topological polar surface area (TPSA) is 105 Å². The van der Waals surface area contributed by atoms with Crippen LogP contribution >= 0.6 is 11.6 Å². The van der Waals surface area contributed by atoms with Crippen molar-refractivity contribution in [1.29, 1.82) is 0 Å². The maximum atomic E-state index is 13.6. The molecule has 4 rings (SSSR count). The Kier molecular flexibility index (Phi) is 6.10. The molecule has 2 aromatic carbocycles. The summed E-state index contributed by atoms with van der Waals surface area (Å²) in [5, 5.41) is 9.59. The highest BCUT2D eigenvalue weighted by Crippen LogP contribution is 2.30. The normalized spacial score (nSPS) is 16.9. The van der Waals surface area contributed by atoms with Crippen LogP contribution in [0, 0.1) is 0 Å². The van der Waals surface area contributed by atoms with Crippen LogP contribution < -0.4 is 0 Å². The summed E-state index contributed by atoms with van der Waals surface area (Å²) in [7, 11) is -4.12. The summed E-state index contributed by atoms with van der Waals surface area (Å²) < 4.78 is 28.4. The van der Waals surface area contributed by atoms with E-state index in [1.54, 1.807) is 42.6 Å². The molecule has 1 atom stereocenters. The van der Waals surface area contributed by atoms with Gasteiger partial charge in [-0.25, -0.2) is 13.2 Å². The number of nitrogens with zero attached hydrogens (tertiary/aromatic N) is 2. The van der Waals surface area contributed by atoms with E-state index in [-0.39, 0.29) is 35.6 Å². The van der Waals surface area contributed by atoms with Gasteiger partial charge in [-0.1, -0.05) is 23.7 Å². The van der Waals surface area contributed by atoms with Gasteiger partial charge in [0.2, 0.25) is 10.0 Å². The molecule has 9 heteroatoms. The molecule has 1 aliphatic heterocycles. The van der Waals surface area contributed by atoms with Gasteiger partial charge in [0.15, 0.2) is 5.78 Å². The number of pyridine rings is 1. The molecule has 0 amide bonds. The van der Waals surface area contributed by atoms with Gasteiger partial charge in [-0.2, -0.15) is 4.31 Å². The van der Waals surface area contributed by atoms with E-state index in [4.69, 9.17) is 16.7 Å². The molecule has 0 fully saturated rings. The number of carboxylic acids is 1. The highest BCUT2D eigenvalue weighted by molar-refractivity contribution is 7.89. The third-order valence-electron chi connectivity index (χ3n) is 5.41. The van der Waals surface area contributed by atoms with E-state index in [2.05, 4.69) is 4.98 Å². The molecule has 7 nitrogen and oxygen atoms in total. The number of carbonyl (C=O) groups excluding carboxylic acids is 1. The van der Waals surface area contributed by atoms with Gasteiger partial charge in [0.1, 0.15) is 0 Å². The van der Waals surface area contributed by atoms with Crippen LogP contribution in [0.5, 0.6) is 0 Å². The molecule has 0 saturated carbocycles. The van der Waals surface area contributed by atoms with Crippen LogP contribution in [0.1, 0.15) is 27.2 Å². The lowest BCUT2D eigenvalue weighted by Crippen LogP contribution is -2.45. The first kappa shape index (κ1) is 22.1. The van der Waals surface area contributed by atoms with Crippen LogP contribution in [-0.4, -0.2) is 40.6 Å². The Morgan fingerprint density at radius 3 is 2.50 bits per heavy atom. The third-order valence-corrected chi connectivity index (χ3v) is 7.52. The summed E-state index contributed by atoms with van der Waals surface area (Å²) in [5.74, 6) is -1.42. The van der Waals surface area contributed by atoms with Crippen molar-refractivity contribution in [1.82, 2.24) is 9.29 Å². The lowest BCUT2D eigenvalue weighted by atomic mass is 10.00. The Bertz CT molecular complexity index is 1280. The number of hydrogen-bond donors (Lipinski definition) is 1. The summed E-state index contributed by atoms with van der Waals surface area (Å²) in [6.45, 7) is -0.0151. The fourth-order valence-corrected chi connectivity index (χ4v) is 5.53. The number of ketones is 1. The first-order valence-corrected chi connectivity index (χ1v) is 11.6. The van der Waals surface area contributed by atoms with Gasteiger partial charge >= 0.3 is 5.97 Å². The van der Waals surface area contributed by atoms with Gasteiger partial charge < -0.3 is 5.11 Å². The van der Waals surface area contributed by atoms with Crippen molar-refractivity contribution >= 4 is 33.4 Å². The number of sulfonamides is 1. The molecule has 0 saturated heterocycles. The molecular weight excluding hydrogens is 452 g/mol. The SMILES string of the molecule is O=C(O)c1ccc(S(=O)(=O)N2Cc3ccc(Cl)cc3CC(=O)[C@H]2Cc2ccccn2)cc1.